The predicted octanol–water partition coefficient (Wildman–Crippen LogP) is 3.80. The van der Waals surface area contributed by atoms with E-state index in [2.05, 4.69) is 5.32 Å². The average molecular weight is 301 g/mol. The van der Waals surface area contributed by atoms with Crippen molar-refractivity contribution in [2.24, 2.45) is 0 Å². The van der Waals surface area contributed by atoms with Gasteiger partial charge in [0.2, 0.25) is 0 Å². The summed E-state index contributed by atoms with van der Waals surface area (Å²) in [6.07, 6.45) is 1.06. The summed E-state index contributed by atoms with van der Waals surface area (Å²) in [6, 6.07) is 5.72. The Labute approximate surface area is 123 Å². The monoisotopic (exact) mass is 301 g/mol. The molecule has 2 nitrogen and oxygen atoms in total. The van der Waals surface area contributed by atoms with Crippen molar-refractivity contribution in [3.8, 4) is 0 Å². The van der Waals surface area contributed by atoms with Crippen molar-refractivity contribution >= 4 is 0 Å². The molecular formula is C16H22F3NO. The fourth-order valence-corrected chi connectivity index (χ4v) is 2.72. The Morgan fingerprint density at radius 2 is 2.00 bits per heavy atom. The zero-order valence-electron chi connectivity index (χ0n) is 12.2. The fourth-order valence-electron chi connectivity index (χ4n) is 2.72. The van der Waals surface area contributed by atoms with Gasteiger partial charge in [0.1, 0.15) is 0 Å². The SMILES string of the molecule is CNC(CCC1CCCO1)Cc1ccc(C(F)(F)F)cc1. The van der Waals surface area contributed by atoms with Gasteiger partial charge in [-0.15, -0.1) is 0 Å². The molecule has 2 atom stereocenters. The standard InChI is InChI=1S/C16H22F3NO/c1-20-14(8-9-15-3-2-10-21-15)11-12-4-6-13(7-5-12)16(17,18)19/h4-7,14-15,20H,2-3,8-11H2,1H3. The van der Waals surface area contributed by atoms with Crippen molar-refractivity contribution in [1.82, 2.24) is 5.32 Å². The number of ether oxygens (including phenoxy) is 1. The van der Waals surface area contributed by atoms with Crippen LogP contribution in [0.25, 0.3) is 0 Å². The first-order chi connectivity index (χ1) is 9.99. The first-order valence-corrected chi connectivity index (χ1v) is 7.44. The molecule has 118 valence electrons. The van der Waals surface area contributed by atoms with Gasteiger partial charge in [0.05, 0.1) is 11.7 Å². The second-order valence-electron chi connectivity index (χ2n) is 5.60. The van der Waals surface area contributed by atoms with Gasteiger partial charge in [-0.2, -0.15) is 13.2 Å². The van der Waals surface area contributed by atoms with Gasteiger partial charge < -0.3 is 10.1 Å². The molecular weight excluding hydrogens is 279 g/mol. The van der Waals surface area contributed by atoms with E-state index in [9.17, 15) is 13.2 Å². The lowest BCUT2D eigenvalue weighted by molar-refractivity contribution is -0.137. The molecule has 0 saturated carbocycles. The zero-order chi connectivity index (χ0) is 15.3. The quantitative estimate of drug-likeness (QED) is 0.863. The minimum Gasteiger partial charge on any atom is -0.378 e. The van der Waals surface area contributed by atoms with E-state index >= 15 is 0 Å². The van der Waals surface area contributed by atoms with Gasteiger partial charge in [0, 0.05) is 12.6 Å². The molecule has 5 heteroatoms. The van der Waals surface area contributed by atoms with Gasteiger partial charge in [-0.3, -0.25) is 0 Å². The fraction of sp³-hybridized carbons (Fsp3) is 0.625. The van der Waals surface area contributed by atoms with Gasteiger partial charge in [-0.1, -0.05) is 12.1 Å². The summed E-state index contributed by atoms with van der Waals surface area (Å²) in [5.74, 6) is 0. The highest BCUT2D eigenvalue weighted by Gasteiger charge is 2.30. The van der Waals surface area contributed by atoms with Crippen molar-refractivity contribution in [3.05, 3.63) is 35.4 Å². The van der Waals surface area contributed by atoms with E-state index in [0.717, 1.165) is 56.4 Å². The summed E-state index contributed by atoms with van der Waals surface area (Å²) < 4.78 is 43.1. The van der Waals surface area contributed by atoms with E-state index < -0.39 is 11.7 Å². The van der Waals surface area contributed by atoms with E-state index in [1.807, 2.05) is 7.05 Å². The molecule has 0 aliphatic carbocycles. The number of rotatable bonds is 6. The summed E-state index contributed by atoms with van der Waals surface area (Å²) in [7, 11) is 1.89. The molecule has 1 heterocycles. The molecule has 0 spiro atoms. The van der Waals surface area contributed by atoms with E-state index in [4.69, 9.17) is 4.74 Å². The van der Waals surface area contributed by atoms with E-state index in [1.54, 1.807) is 12.1 Å². The third kappa shape index (κ3) is 5.00. The lowest BCUT2D eigenvalue weighted by Crippen LogP contribution is -2.28. The Hall–Kier alpha value is -1.07. The van der Waals surface area contributed by atoms with Crippen LogP contribution in [0.5, 0.6) is 0 Å². The second kappa shape index (κ2) is 7.27. The summed E-state index contributed by atoms with van der Waals surface area (Å²) >= 11 is 0. The van der Waals surface area contributed by atoms with Gasteiger partial charge in [0.15, 0.2) is 0 Å². The number of alkyl halides is 3. The lowest BCUT2D eigenvalue weighted by atomic mass is 9.98. The number of hydrogen-bond donors (Lipinski definition) is 1. The first kappa shape index (κ1) is 16.3. The van der Waals surface area contributed by atoms with Gasteiger partial charge in [-0.05, 0) is 56.8 Å². The maximum absolute atomic E-state index is 12.5. The number of likely N-dealkylation sites (N-methyl/N-ethyl adjacent to an activating group) is 1. The molecule has 0 aromatic heterocycles. The van der Waals surface area contributed by atoms with Crippen LogP contribution in [-0.4, -0.2) is 25.8 Å². The van der Waals surface area contributed by atoms with Gasteiger partial charge in [-0.25, -0.2) is 0 Å². The highest BCUT2D eigenvalue weighted by Crippen LogP contribution is 2.29. The number of benzene rings is 1. The molecule has 0 radical (unpaired) electrons. The van der Waals surface area contributed by atoms with Crippen LogP contribution in [0.4, 0.5) is 13.2 Å². The van der Waals surface area contributed by atoms with E-state index in [0.29, 0.717) is 6.10 Å². The van der Waals surface area contributed by atoms with Crippen LogP contribution >= 0.6 is 0 Å². The van der Waals surface area contributed by atoms with Crippen LogP contribution in [0.3, 0.4) is 0 Å². The molecule has 21 heavy (non-hydrogen) atoms. The molecule has 0 amide bonds. The summed E-state index contributed by atoms with van der Waals surface area (Å²) in [6.45, 7) is 0.855. The Bertz CT molecular complexity index is 424. The molecule has 1 aromatic carbocycles. The minimum absolute atomic E-state index is 0.269. The van der Waals surface area contributed by atoms with Crippen LogP contribution in [0.15, 0.2) is 24.3 Å². The van der Waals surface area contributed by atoms with Crippen molar-refractivity contribution < 1.29 is 17.9 Å². The normalized spacial score (nSPS) is 20.7. The summed E-state index contributed by atoms with van der Waals surface area (Å²) in [4.78, 5) is 0. The Morgan fingerprint density at radius 1 is 1.29 bits per heavy atom. The topological polar surface area (TPSA) is 21.3 Å². The van der Waals surface area contributed by atoms with E-state index in [1.165, 1.54) is 0 Å². The second-order valence-corrected chi connectivity index (χ2v) is 5.60. The van der Waals surface area contributed by atoms with Crippen molar-refractivity contribution in [2.75, 3.05) is 13.7 Å². The number of hydrogen-bond acceptors (Lipinski definition) is 2. The molecule has 1 saturated heterocycles. The van der Waals surface area contributed by atoms with Crippen molar-refractivity contribution in [3.63, 3.8) is 0 Å². The molecule has 1 fully saturated rings. The largest absolute Gasteiger partial charge is 0.416 e. The average Bonchev–Trinajstić information content (AvgIpc) is 2.96. The maximum Gasteiger partial charge on any atom is 0.416 e. The Balaban J connectivity index is 1.85. The highest BCUT2D eigenvalue weighted by molar-refractivity contribution is 5.25. The number of nitrogens with one attached hydrogen (secondary N) is 1. The Morgan fingerprint density at radius 3 is 2.52 bits per heavy atom. The maximum atomic E-state index is 12.5. The third-order valence-electron chi connectivity index (χ3n) is 4.03. The molecule has 1 aliphatic rings. The molecule has 1 aliphatic heterocycles. The first-order valence-electron chi connectivity index (χ1n) is 7.44. The highest BCUT2D eigenvalue weighted by atomic mass is 19.4. The third-order valence-corrected chi connectivity index (χ3v) is 4.03. The summed E-state index contributed by atoms with van der Waals surface area (Å²) in [5.41, 5.74) is 0.335. The molecule has 0 bridgehead atoms. The Kier molecular flexibility index (Phi) is 5.65. The predicted molar refractivity (Wildman–Crippen MR) is 76.2 cm³/mol. The van der Waals surface area contributed by atoms with Crippen LogP contribution < -0.4 is 5.32 Å². The van der Waals surface area contributed by atoms with Crippen molar-refractivity contribution in [2.45, 2.75) is 50.4 Å². The summed E-state index contributed by atoms with van der Waals surface area (Å²) in [5, 5.41) is 3.24. The molecule has 1 aromatic rings. The van der Waals surface area contributed by atoms with Crippen LogP contribution in [0.1, 0.15) is 36.8 Å². The van der Waals surface area contributed by atoms with Gasteiger partial charge in [0.25, 0.3) is 0 Å². The van der Waals surface area contributed by atoms with Crippen molar-refractivity contribution in [1.29, 1.82) is 0 Å². The van der Waals surface area contributed by atoms with E-state index in [-0.39, 0.29) is 6.04 Å². The zero-order valence-corrected chi connectivity index (χ0v) is 12.2. The van der Waals surface area contributed by atoms with Crippen LogP contribution in [-0.2, 0) is 17.3 Å². The molecule has 2 rings (SSSR count). The smallest absolute Gasteiger partial charge is 0.378 e. The number of halogens is 3. The molecule has 2 unspecified atom stereocenters. The van der Waals surface area contributed by atoms with Crippen LogP contribution in [0.2, 0.25) is 0 Å². The lowest BCUT2D eigenvalue weighted by Gasteiger charge is -2.18. The molecule has 1 N–H and O–H groups in total. The van der Waals surface area contributed by atoms with Crippen LogP contribution in [0, 0.1) is 0 Å². The minimum atomic E-state index is -4.26. The van der Waals surface area contributed by atoms with Gasteiger partial charge >= 0.3 is 6.18 Å².